The molecule has 0 aromatic rings. The summed E-state index contributed by atoms with van der Waals surface area (Å²) in [5.74, 6) is -0.0901. The lowest BCUT2D eigenvalue weighted by atomic mass is 9.93. The Morgan fingerprint density at radius 1 is 1.32 bits per heavy atom. The molecule has 2 aliphatic heterocycles. The van der Waals surface area contributed by atoms with E-state index in [-0.39, 0.29) is 29.8 Å². The van der Waals surface area contributed by atoms with Gasteiger partial charge in [0.25, 0.3) is 0 Å². The van der Waals surface area contributed by atoms with Crippen LogP contribution in [0.2, 0.25) is 0 Å². The summed E-state index contributed by atoms with van der Waals surface area (Å²) in [7, 11) is 1.40. The molecule has 108 valence electrons. The van der Waals surface area contributed by atoms with Gasteiger partial charge < -0.3 is 14.4 Å². The Balaban J connectivity index is 1.88. The van der Waals surface area contributed by atoms with Gasteiger partial charge in [-0.3, -0.25) is 9.59 Å². The summed E-state index contributed by atoms with van der Waals surface area (Å²) >= 11 is 0. The van der Waals surface area contributed by atoms with Crippen LogP contribution in [0.25, 0.3) is 0 Å². The molecular weight excluding hydrogens is 246 g/mol. The van der Waals surface area contributed by atoms with Crippen LogP contribution in [0.4, 0.5) is 0 Å². The lowest BCUT2D eigenvalue weighted by Gasteiger charge is -2.30. The number of carbonyl (C=O) groups excluding carboxylic acids is 2. The second-order valence-corrected chi connectivity index (χ2v) is 5.42. The first-order valence-electron chi connectivity index (χ1n) is 7.14. The van der Waals surface area contributed by atoms with Crippen LogP contribution >= 0.6 is 0 Å². The lowest BCUT2D eigenvalue weighted by Crippen LogP contribution is -2.39. The number of hydrogen-bond donors (Lipinski definition) is 0. The monoisotopic (exact) mass is 269 g/mol. The zero-order chi connectivity index (χ0) is 13.8. The number of amides is 1. The summed E-state index contributed by atoms with van der Waals surface area (Å²) in [6.07, 6.45) is 3.50. The molecule has 0 saturated carbocycles. The van der Waals surface area contributed by atoms with Gasteiger partial charge in [-0.1, -0.05) is 6.92 Å². The molecule has 0 radical (unpaired) electrons. The van der Waals surface area contributed by atoms with E-state index in [9.17, 15) is 9.59 Å². The zero-order valence-electron chi connectivity index (χ0n) is 11.8. The molecule has 2 fully saturated rings. The minimum absolute atomic E-state index is 0.0649. The molecule has 5 nitrogen and oxygen atoms in total. The van der Waals surface area contributed by atoms with Gasteiger partial charge in [0.1, 0.15) is 0 Å². The summed E-state index contributed by atoms with van der Waals surface area (Å²) in [6, 6.07) is 0. The van der Waals surface area contributed by atoms with Crippen molar-refractivity contribution in [1.82, 2.24) is 4.90 Å². The van der Waals surface area contributed by atoms with E-state index in [2.05, 4.69) is 6.92 Å². The molecule has 3 atom stereocenters. The van der Waals surface area contributed by atoms with E-state index in [4.69, 9.17) is 9.47 Å². The fraction of sp³-hybridized carbons (Fsp3) is 0.857. The molecule has 1 amide bonds. The highest BCUT2D eigenvalue weighted by Gasteiger charge is 2.36. The van der Waals surface area contributed by atoms with Crippen molar-refractivity contribution in [3.05, 3.63) is 0 Å². The molecular formula is C14H23NO4. The summed E-state index contributed by atoms with van der Waals surface area (Å²) in [5, 5.41) is 0. The smallest absolute Gasteiger partial charge is 0.310 e. The van der Waals surface area contributed by atoms with Crippen molar-refractivity contribution in [2.24, 2.45) is 11.8 Å². The standard InChI is InChI=1S/C14H23NO4/c1-3-12-8-10(5-7-19-12)13(16)15-6-4-11(9-15)14(17)18-2/h10-12H,3-9H2,1-2H3. The van der Waals surface area contributed by atoms with Gasteiger partial charge in [-0.25, -0.2) is 0 Å². The van der Waals surface area contributed by atoms with Crippen molar-refractivity contribution >= 4 is 11.9 Å². The Morgan fingerprint density at radius 3 is 2.79 bits per heavy atom. The van der Waals surface area contributed by atoms with Gasteiger partial charge in [0.15, 0.2) is 0 Å². The number of rotatable bonds is 3. The second-order valence-electron chi connectivity index (χ2n) is 5.42. The molecule has 2 saturated heterocycles. The molecule has 5 heteroatoms. The van der Waals surface area contributed by atoms with Crippen LogP contribution in [0.3, 0.4) is 0 Å². The van der Waals surface area contributed by atoms with Crippen molar-refractivity contribution in [1.29, 1.82) is 0 Å². The average Bonchev–Trinajstić information content (AvgIpc) is 2.95. The van der Waals surface area contributed by atoms with E-state index < -0.39 is 0 Å². The molecule has 0 aliphatic carbocycles. The van der Waals surface area contributed by atoms with Gasteiger partial charge in [0, 0.05) is 25.6 Å². The van der Waals surface area contributed by atoms with Gasteiger partial charge in [0.05, 0.1) is 19.1 Å². The minimum Gasteiger partial charge on any atom is -0.469 e. The van der Waals surface area contributed by atoms with E-state index in [1.54, 1.807) is 0 Å². The van der Waals surface area contributed by atoms with Crippen LogP contribution in [0, 0.1) is 11.8 Å². The molecule has 0 spiro atoms. The summed E-state index contributed by atoms with van der Waals surface area (Å²) in [5.41, 5.74) is 0. The third kappa shape index (κ3) is 3.26. The van der Waals surface area contributed by atoms with E-state index in [0.29, 0.717) is 19.7 Å². The molecule has 3 unspecified atom stereocenters. The largest absolute Gasteiger partial charge is 0.469 e. The van der Waals surface area contributed by atoms with E-state index >= 15 is 0 Å². The summed E-state index contributed by atoms with van der Waals surface area (Å²) in [6.45, 7) is 3.94. The van der Waals surface area contributed by atoms with Crippen LogP contribution in [-0.2, 0) is 19.1 Å². The van der Waals surface area contributed by atoms with Gasteiger partial charge in [-0.05, 0) is 25.7 Å². The van der Waals surface area contributed by atoms with Crippen LogP contribution in [0.1, 0.15) is 32.6 Å². The second kappa shape index (κ2) is 6.37. The first-order valence-corrected chi connectivity index (χ1v) is 7.14. The number of ether oxygens (including phenoxy) is 2. The third-order valence-corrected chi connectivity index (χ3v) is 4.21. The quantitative estimate of drug-likeness (QED) is 0.723. The number of likely N-dealkylation sites (tertiary alicyclic amines) is 1. The van der Waals surface area contributed by atoms with Gasteiger partial charge >= 0.3 is 5.97 Å². The number of methoxy groups -OCH3 is 1. The molecule has 19 heavy (non-hydrogen) atoms. The van der Waals surface area contributed by atoms with Crippen molar-refractivity contribution < 1.29 is 19.1 Å². The zero-order valence-corrected chi connectivity index (χ0v) is 11.8. The van der Waals surface area contributed by atoms with Crippen LogP contribution in [0.5, 0.6) is 0 Å². The maximum atomic E-state index is 12.4. The third-order valence-electron chi connectivity index (χ3n) is 4.21. The molecule has 0 aromatic carbocycles. The summed E-state index contributed by atoms with van der Waals surface area (Å²) < 4.78 is 10.3. The molecule has 0 N–H and O–H groups in total. The van der Waals surface area contributed by atoms with Crippen molar-refractivity contribution in [3.63, 3.8) is 0 Å². The first-order chi connectivity index (χ1) is 9.15. The van der Waals surface area contributed by atoms with Crippen LogP contribution in [0.15, 0.2) is 0 Å². The van der Waals surface area contributed by atoms with Gasteiger partial charge in [-0.15, -0.1) is 0 Å². The molecule has 2 heterocycles. The first kappa shape index (κ1) is 14.3. The number of hydrogen-bond acceptors (Lipinski definition) is 4. The molecule has 2 aliphatic rings. The molecule has 0 bridgehead atoms. The normalized spacial score (nSPS) is 31.3. The van der Waals surface area contributed by atoms with Gasteiger partial charge in [-0.2, -0.15) is 0 Å². The molecule has 2 rings (SSSR count). The molecule has 0 aromatic heterocycles. The predicted octanol–water partition coefficient (Wildman–Crippen LogP) is 1.21. The highest BCUT2D eigenvalue weighted by molar-refractivity contribution is 5.81. The van der Waals surface area contributed by atoms with Crippen molar-refractivity contribution in [2.45, 2.75) is 38.7 Å². The van der Waals surface area contributed by atoms with E-state index in [1.165, 1.54) is 7.11 Å². The highest BCUT2D eigenvalue weighted by atomic mass is 16.5. The summed E-state index contributed by atoms with van der Waals surface area (Å²) in [4.78, 5) is 25.7. The highest BCUT2D eigenvalue weighted by Crippen LogP contribution is 2.27. The van der Waals surface area contributed by atoms with Crippen molar-refractivity contribution in [3.8, 4) is 0 Å². The Hall–Kier alpha value is -1.10. The number of carbonyl (C=O) groups is 2. The minimum atomic E-state index is -0.200. The van der Waals surface area contributed by atoms with Crippen molar-refractivity contribution in [2.75, 3.05) is 26.8 Å². The maximum absolute atomic E-state index is 12.4. The average molecular weight is 269 g/mol. The Labute approximate surface area is 114 Å². The Bertz CT molecular complexity index is 344. The van der Waals surface area contributed by atoms with E-state index in [1.807, 2.05) is 4.90 Å². The van der Waals surface area contributed by atoms with Crippen LogP contribution in [-0.4, -0.2) is 49.7 Å². The fourth-order valence-electron chi connectivity index (χ4n) is 2.97. The fourth-order valence-corrected chi connectivity index (χ4v) is 2.97. The lowest BCUT2D eigenvalue weighted by molar-refractivity contribution is -0.145. The topological polar surface area (TPSA) is 55.8 Å². The van der Waals surface area contributed by atoms with Crippen LogP contribution < -0.4 is 0 Å². The predicted molar refractivity (Wildman–Crippen MR) is 69.5 cm³/mol. The maximum Gasteiger partial charge on any atom is 0.310 e. The number of esters is 1. The van der Waals surface area contributed by atoms with E-state index in [0.717, 1.165) is 25.7 Å². The number of nitrogens with zero attached hydrogens (tertiary/aromatic N) is 1. The Morgan fingerprint density at radius 2 is 2.11 bits per heavy atom. The van der Waals surface area contributed by atoms with Gasteiger partial charge in [0.2, 0.25) is 5.91 Å². The SMILES string of the molecule is CCC1CC(C(=O)N2CCC(C(=O)OC)C2)CCO1. The Kier molecular flexibility index (Phi) is 4.80.